The van der Waals surface area contributed by atoms with Gasteiger partial charge in [-0.15, -0.1) is 0 Å². The Morgan fingerprint density at radius 3 is 2.61 bits per heavy atom. The summed E-state index contributed by atoms with van der Waals surface area (Å²) in [5.74, 6) is -0.565. The van der Waals surface area contributed by atoms with Gasteiger partial charge < -0.3 is 5.32 Å². The highest BCUT2D eigenvalue weighted by atomic mass is 35.5. The number of anilines is 1. The lowest BCUT2D eigenvalue weighted by atomic mass is 9.79. The summed E-state index contributed by atoms with van der Waals surface area (Å²) in [6, 6.07) is 14.6. The number of benzene rings is 2. The third-order valence-corrected chi connectivity index (χ3v) is 5.07. The lowest BCUT2D eigenvalue weighted by Crippen LogP contribution is -2.36. The van der Waals surface area contributed by atoms with Crippen LogP contribution in [0, 0.1) is 18.2 Å². The van der Waals surface area contributed by atoms with Crippen LogP contribution in [-0.2, 0) is 11.2 Å². The number of nitrogens with one attached hydrogen (secondary N) is 1. The van der Waals surface area contributed by atoms with Crippen molar-refractivity contribution in [1.29, 1.82) is 0 Å². The standard InChI is InChI=1S/C23H22ClFN2O/c1-15(24)12-23(3,13-17-8-5-4-6-9-17)22(28)27-20-14-26-21-18(16(20)2)10-7-11-19(21)25/h4-11,14H,1,12-13H2,2-3H3,(H,27,28)/t23-/m1/s1. The molecule has 144 valence electrons. The topological polar surface area (TPSA) is 42.0 Å². The first kappa shape index (κ1) is 20.0. The molecule has 0 aliphatic heterocycles. The Morgan fingerprint density at radius 2 is 1.93 bits per heavy atom. The van der Waals surface area contributed by atoms with E-state index < -0.39 is 5.41 Å². The molecule has 0 saturated carbocycles. The van der Waals surface area contributed by atoms with Crippen LogP contribution in [0.4, 0.5) is 10.1 Å². The number of halogens is 2. The van der Waals surface area contributed by atoms with E-state index in [2.05, 4.69) is 16.9 Å². The first-order valence-electron chi connectivity index (χ1n) is 9.03. The summed E-state index contributed by atoms with van der Waals surface area (Å²) in [5, 5.41) is 4.06. The molecule has 0 aliphatic carbocycles. The van der Waals surface area contributed by atoms with E-state index in [1.165, 1.54) is 12.3 Å². The zero-order valence-electron chi connectivity index (χ0n) is 15.9. The second-order valence-corrected chi connectivity index (χ2v) is 7.84. The zero-order chi connectivity index (χ0) is 20.3. The van der Waals surface area contributed by atoms with Crippen LogP contribution >= 0.6 is 11.6 Å². The minimum absolute atomic E-state index is 0.182. The summed E-state index contributed by atoms with van der Waals surface area (Å²) in [7, 11) is 0. The van der Waals surface area contributed by atoms with Crippen LogP contribution in [0.25, 0.3) is 10.9 Å². The van der Waals surface area contributed by atoms with E-state index in [0.717, 1.165) is 11.1 Å². The Kier molecular flexibility index (Phi) is 5.80. The van der Waals surface area contributed by atoms with Crippen molar-refractivity contribution >= 4 is 34.1 Å². The number of carbonyl (C=O) groups is 1. The quantitative estimate of drug-likeness (QED) is 0.554. The largest absolute Gasteiger partial charge is 0.324 e. The van der Waals surface area contributed by atoms with Gasteiger partial charge in [-0.2, -0.15) is 0 Å². The number of aryl methyl sites for hydroxylation is 1. The van der Waals surface area contributed by atoms with Gasteiger partial charge in [-0.25, -0.2) is 4.39 Å². The third-order valence-electron chi connectivity index (χ3n) is 4.93. The highest BCUT2D eigenvalue weighted by Crippen LogP contribution is 2.34. The average molecular weight is 397 g/mol. The SMILES string of the molecule is C=C(Cl)C[C@](C)(Cc1ccccc1)C(=O)Nc1cnc2c(F)cccc2c1C. The molecular formula is C23H22ClFN2O. The lowest BCUT2D eigenvalue weighted by molar-refractivity contribution is -0.124. The number of allylic oxidation sites excluding steroid dienone is 1. The maximum Gasteiger partial charge on any atom is 0.231 e. The highest BCUT2D eigenvalue weighted by molar-refractivity contribution is 6.29. The van der Waals surface area contributed by atoms with E-state index in [-0.39, 0.29) is 11.7 Å². The number of hydrogen-bond acceptors (Lipinski definition) is 2. The first-order valence-corrected chi connectivity index (χ1v) is 9.40. The molecule has 0 bridgehead atoms. The lowest BCUT2D eigenvalue weighted by Gasteiger charge is -2.28. The molecule has 3 nitrogen and oxygen atoms in total. The molecule has 3 aromatic rings. The van der Waals surface area contributed by atoms with Crippen LogP contribution in [0.1, 0.15) is 24.5 Å². The molecule has 0 unspecified atom stereocenters. The van der Waals surface area contributed by atoms with Crippen LogP contribution in [0.15, 0.2) is 66.3 Å². The van der Waals surface area contributed by atoms with Gasteiger partial charge in [0.05, 0.1) is 17.3 Å². The minimum atomic E-state index is -0.788. The van der Waals surface area contributed by atoms with Crippen LogP contribution in [0.2, 0.25) is 0 Å². The Bertz CT molecular complexity index is 1040. The molecule has 1 N–H and O–H groups in total. The normalized spacial score (nSPS) is 13.1. The fourth-order valence-corrected chi connectivity index (χ4v) is 3.71. The van der Waals surface area contributed by atoms with Gasteiger partial charge in [0.15, 0.2) is 0 Å². The van der Waals surface area contributed by atoms with Gasteiger partial charge >= 0.3 is 0 Å². The summed E-state index contributed by atoms with van der Waals surface area (Å²) in [6.07, 6.45) is 2.35. The van der Waals surface area contributed by atoms with Crippen molar-refractivity contribution in [3.63, 3.8) is 0 Å². The van der Waals surface area contributed by atoms with Crippen LogP contribution in [0.3, 0.4) is 0 Å². The molecule has 0 spiro atoms. The molecular weight excluding hydrogens is 375 g/mol. The fourth-order valence-electron chi connectivity index (χ4n) is 3.41. The van der Waals surface area contributed by atoms with Crippen LogP contribution in [-0.4, -0.2) is 10.9 Å². The van der Waals surface area contributed by atoms with E-state index in [1.807, 2.05) is 44.2 Å². The monoisotopic (exact) mass is 396 g/mol. The number of pyridine rings is 1. The van der Waals surface area contributed by atoms with Crippen molar-refractivity contribution in [2.75, 3.05) is 5.32 Å². The van der Waals surface area contributed by atoms with Gasteiger partial charge in [-0.1, -0.05) is 67.6 Å². The molecule has 0 saturated heterocycles. The van der Waals surface area contributed by atoms with E-state index >= 15 is 0 Å². The zero-order valence-corrected chi connectivity index (χ0v) is 16.7. The molecule has 3 rings (SSSR count). The van der Waals surface area contributed by atoms with Gasteiger partial charge in [-0.05, 0) is 37.0 Å². The van der Waals surface area contributed by atoms with E-state index in [1.54, 1.807) is 12.1 Å². The number of amides is 1. The Labute approximate surface area is 169 Å². The third kappa shape index (κ3) is 4.23. The number of para-hydroxylation sites is 1. The first-order chi connectivity index (χ1) is 13.3. The van der Waals surface area contributed by atoms with Gasteiger partial charge in [0.2, 0.25) is 5.91 Å². The van der Waals surface area contributed by atoms with Crippen LogP contribution in [0.5, 0.6) is 0 Å². The predicted molar refractivity (Wildman–Crippen MR) is 113 cm³/mol. The minimum Gasteiger partial charge on any atom is -0.324 e. The number of hydrogen-bond donors (Lipinski definition) is 1. The molecule has 1 atom stereocenters. The van der Waals surface area contributed by atoms with Crippen molar-refractivity contribution in [3.05, 3.63) is 83.3 Å². The maximum atomic E-state index is 14.0. The van der Waals surface area contributed by atoms with Gasteiger partial charge in [0.25, 0.3) is 0 Å². The molecule has 1 amide bonds. The van der Waals surface area contributed by atoms with Gasteiger partial charge in [-0.3, -0.25) is 9.78 Å². The summed E-state index contributed by atoms with van der Waals surface area (Å²) in [5.41, 5.74) is 1.86. The van der Waals surface area contributed by atoms with Crippen molar-refractivity contribution in [2.24, 2.45) is 5.41 Å². The maximum absolute atomic E-state index is 14.0. The number of fused-ring (bicyclic) bond motifs is 1. The second kappa shape index (κ2) is 8.11. The molecule has 28 heavy (non-hydrogen) atoms. The number of nitrogens with zero attached hydrogens (tertiary/aromatic N) is 1. The Hall–Kier alpha value is -2.72. The fraction of sp³-hybridized carbons (Fsp3) is 0.217. The number of aromatic nitrogens is 1. The smallest absolute Gasteiger partial charge is 0.231 e. The Balaban J connectivity index is 1.92. The second-order valence-electron chi connectivity index (χ2n) is 7.30. The Morgan fingerprint density at radius 1 is 1.21 bits per heavy atom. The highest BCUT2D eigenvalue weighted by Gasteiger charge is 2.34. The summed E-state index contributed by atoms with van der Waals surface area (Å²) < 4.78 is 14.0. The molecule has 2 aromatic carbocycles. The summed E-state index contributed by atoms with van der Waals surface area (Å²) in [4.78, 5) is 17.4. The molecule has 1 aromatic heterocycles. The summed E-state index contributed by atoms with van der Waals surface area (Å²) >= 11 is 6.07. The van der Waals surface area contributed by atoms with Crippen molar-refractivity contribution < 1.29 is 9.18 Å². The van der Waals surface area contributed by atoms with Crippen molar-refractivity contribution in [3.8, 4) is 0 Å². The molecule has 0 fully saturated rings. The van der Waals surface area contributed by atoms with Gasteiger partial charge in [0, 0.05) is 10.4 Å². The van der Waals surface area contributed by atoms with Crippen molar-refractivity contribution in [2.45, 2.75) is 26.7 Å². The van der Waals surface area contributed by atoms with Gasteiger partial charge in [0.1, 0.15) is 11.3 Å². The van der Waals surface area contributed by atoms with E-state index in [4.69, 9.17) is 11.6 Å². The van der Waals surface area contributed by atoms with E-state index in [0.29, 0.717) is 34.5 Å². The predicted octanol–water partition coefficient (Wildman–Crippen LogP) is 6.01. The molecule has 0 aliphatic rings. The van der Waals surface area contributed by atoms with Crippen molar-refractivity contribution in [1.82, 2.24) is 4.98 Å². The van der Waals surface area contributed by atoms with E-state index in [9.17, 15) is 9.18 Å². The number of carbonyl (C=O) groups excluding carboxylic acids is 1. The molecule has 1 heterocycles. The molecule has 0 radical (unpaired) electrons. The molecule has 5 heteroatoms. The van der Waals surface area contributed by atoms with Crippen LogP contribution < -0.4 is 5.32 Å². The summed E-state index contributed by atoms with van der Waals surface area (Å²) in [6.45, 7) is 7.48. The average Bonchev–Trinajstić information content (AvgIpc) is 2.64. The number of rotatable bonds is 6.